The maximum atomic E-state index is 9.35. The summed E-state index contributed by atoms with van der Waals surface area (Å²) in [6, 6.07) is 50.7. The van der Waals surface area contributed by atoms with Crippen molar-refractivity contribution in [2.24, 2.45) is 5.73 Å². The van der Waals surface area contributed by atoms with Crippen LogP contribution in [0.15, 0.2) is 146 Å². The van der Waals surface area contributed by atoms with Gasteiger partial charge in [0, 0.05) is 16.8 Å². The molecular weight excluding hydrogens is 536 g/mol. The van der Waals surface area contributed by atoms with Crippen molar-refractivity contribution in [2.45, 2.75) is 11.8 Å². The van der Waals surface area contributed by atoms with E-state index >= 15 is 0 Å². The van der Waals surface area contributed by atoms with Gasteiger partial charge in [0.25, 0.3) is 0 Å². The number of nitrogens with two attached hydrogens (primary N) is 1. The minimum Gasteiger partial charge on any atom is -0.457 e. The van der Waals surface area contributed by atoms with E-state index in [4.69, 9.17) is 10.5 Å². The summed E-state index contributed by atoms with van der Waals surface area (Å²) in [6.07, 6.45) is 2.83. The minimum absolute atomic E-state index is 0.566. The Labute approximate surface area is 257 Å². The highest BCUT2D eigenvalue weighted by Gasteiger charge is 2.51. The number of benzene rings is 6. The second kappa shape index (κ2) is 10.2. The number of hydrogen-bond donors (Lipinski definition) is 1. The molecule has 0 atom stereocenters. The van der Waals surface area contributed by atoms with Crippen LogP contribution in [0.25, 0.3) is 28.0 Å². The minimum atomic E-state index is -0.566. The Morgan fingerprint density at radius 1 is 0.636 bits per heavy atom. The molecule has 208 valence electrons. The van der Waals surface area contributed by atoms with Crippen LogP contribution in [0.1, 0.15) is 38.9 Å². The molecule has 1 aliphatic carbocycles. The van der Waals surface area contributed by atoms with E-state index in [0.29, 0.717) is 5.56 Å². The van der Waals surface area contributed by atoms with E-state index in [1.165, 1.54) is 27.8 Å². The molecule has 6 aromatic carbocycles. The molecule has 0 saturated heterocycles. The number of ether oxygens (including phenoxy) is 1. The average molecular weight is 565 g/mol. The van der Waals surface area contributed by atoms with Crippen LogP contribution in [0.4, 0.5) is 0 Å². The number of nitrogens with zero attached hydrogens (tertiary/aromatic N) is 1. The Bertz CT molecular complexity index is 2090. The van der Waals surface area contributed by atoms with E-state index < -0.39 is 5.41 Å². The molecule has 1 heterocycles. The van der Waals surface area contributed by atoms with Crippen molar-refractivity contribution in [1.29, 1.82) is 5.26 Å². The molecule has 0 radical (unpaired) electrons. The number of fused-ring (bicyclic) bond motifs is 9. The van der Waals surface area contributed by atoms with Gasteiger partial charge in [0.05, 0.1) is 17.0 Å². The first-order chi connectivity index (χ1) is 21.7. The van der Waals surface area contributed by atoms with Gasteiger partial charge < -0.3 is 10.5 Å². The van der Waals surface area contributed by atoms with Crippen LogP contribution in [0.5, 0.6) is 11.5 Å². The van der Waals surface area contributed by atoms with Crippen molar-refractivity contribution >= 4 is 5.70 Å². The SMILES string of the molecule is N#Cc1ccc(-c2ccc3c(c2)C2(c4ccccc4Oc4ccccc42)c2cc(C/C=C(\N)c4ccccc4)ccc2-3)cc1. The van der Waals surface area contributed by atoms with E-state index in [0.717, 1.165) is 51.4 Å². The van der Waals surface area contributed by atoms with Crippen molar-refractivity contribution in [3.63, 3.8) is 0 Å². The third kappa shape index (κ3) is 3.89. The molecule has 0 unspecified atom stereocenters. The number of rotatable bonds is 4. The zero-order valence-electron chi connectivity index (χ0n) is 24.0. The van der Waals surface area contributed by atoms with Gasteiger partial charge in [-0.3, -0.25) is 0 Å². The van der Waals surface area contributed by atoms with Crippen LogP contribution < -0.4 is 10.5 Å². The smallest absolute Gasteiger partial charge is 0.132 e. The summed E-state index contributed by atoms with van der Waals surface area (Å²) in [5.41, 5.74) is 19.0. The van der Waals surface area contributed by atoms with Gasteiger partial charge in [-0.25, -0.2) is 0 Å². The van der Waals surface area contributed by atoms with Crippen LogP contribution in [-0.2, 0) is 11.8 Å². The lowest BCUT2D eigenvalue weighted by Gasteiger charge is -2.39. The molecule has 2 N–H and O–H groups in total. The molecular formula is C41H28N2O. The normalized spacial score (nSPS) is 13.7. The van der Waals surface area contributed by atoms with Crippen LogP contribution >= 0.6 is 0 Å². The summed E-state index contributed by atoms with van der Waals surface area (Å²) in [5.74, 6) is 1.74. The van der Waals surface area contributed by atoms with Gasteiger partial charge >= 0.3 is 0 Å². The molecule has 0 saturated carbocycles. The van der Waals surface area contributed by atoms with Crippen LogP contribution in [0.2, 0.25) is 0 Å². The second-order valence-corrected chi connectivity index (χ2v) is 11.4. The fourth-order valence-corrected chi connectivity index (χ4v) is 6.97. The molecule has 1 spiro atoms. The molecule has 0 fully saturated rings. The zero-order chi connectivity index (χ0) is 29.7. The first-order valence-electron chi connectivity index (χ1n) is 14.8. The highest BCUT2D eigenvalue weighted by molar-refractivity contribution is 5.90. The van der Waals surface area contributed by atoms with Gasteiger partial charge in [-0.1, -0.05) is 115 Å². The summed E-state index contributed by atoms with van der Waals surface area (Å²) in [6.45, 7) is 0. The van der Waals surface area contributed by atoms with E-state index in [1.54, 1.807) is 0 Å². The van der Waals surface area contributed by atoms with Crippen molar-refractivity contribution in [3.8, 4) is 39.8 Å². The number of nitriles is 1. The van der Waals surface area contributed by atoms with Crippen molar-refractivity contribution in [3.05, 3.63) is 185 Å². The highest BCUT2D eigenvalue weighted by Crippen LogP contribution is 2.62. The Morgan fingerprint density at radius 2 is 1.23 bits per heavy atom. The molecule has 0 aromatic heterocycles. The maximum Gasteiger partial charge on any atom is 0.132 e. The summed E-state index contributed by atoms with van der Waals surface area (Å²) < 4.78 is 6.54. The predicted molar refractivity (Wildman–Crippen MR) is 176 cm³/mol. The quantitative estimate of drug-likeness (QED) is 0.232. The summed E-state index contributed by atoms with van der Waals surface area (Å²) in [7, 11) is 0. The monoisotopic (exact) mass is 564 g/mol. The first-order valence-corrected chi connectivity index (χ1v) is 14.8. The Balaban J connectivity index is 1.36. The third-order valence-electron chi connectivity index (χ3n) is 9.02. The number of hydrogen-bond acceptors (Lipinski definition) is 3. The van der Waals surface area contributed by atoms with Crippen LogP contribution in [-0.4, -0.2) is 0 Å². The van der Waals surface area contributed by atoms with Gasteiger partial charge in [-0.05, 0) is 81.3 Å². The molecule has 2 aliphatic rings. The lowest BCUT2D eigenvalue weighted by molar-refractivity contribution is 0.436. The van der Waals surface area contributed by atoms with E-state index in [9.17, 15) is 5.26 Å². The van der Waals surface area contributed by atoms with E-state index in [1.807, 2.05) is 66.7 Å². The fourth-order valence-electron chi connectivity index (χ4n) is 6.97. The lowest BCUT2D eigenvalue weighted by atomic mass is 9.65. The molecule has 8 rings (SSSR count). The Morgan fingerprint density at radius 3 is 1.91 bits per heavy atom. The van der Waals surface area contributed by atoms with Gasteiger partial charge in [0.2, 0.25) is 0 Å². The van der Waals surface area contributed by atoms with E-state index in [2.05, 4.69) is 84.9 Å². The standard InChI is InChI=1S/C41H28N2O/c42-26-28-14-18-29(19-15-28)31-20-22-33-32-21-16-27(17-23-38(43)30-8-2-1-3-9-30)24-36(32)41(37(33)25-31)34-10-4-6-12-39(34)44-40-13-7-5-11-35(40)41/h1-16,18-25H,17,43H2/b38-23-. The summed E-state index contributed by atoms with van der Waals surface area (Å²) >= 11 is 0. The molecule has 44 heavy (non-hydrogen) atoms. The maximum absolute atomic E-state index is 9.35. The van der Waals surface area contributed by atoms with E-state index in [-0.39, 0.29) is 0 Å². The molecule has 1 aliphatic heterocycles. The van der Waals surface area contributed by atoms with Gasteiger partial charge in [0.15, 0.2) is 0 Å². The summed E-state index contributed by atoms with van der Waals surface area (Å²) in [5, 5.41) is 9.35. The molecule has 3 nitrogen and oxygen atoms in total. The van der Waals surface area contributed by atoms with Gasteiger partial charge in [-0.15, -0.1) is 0 Å². The van der Waals surface area contributed by atoms with Crippen LogP contribution in [0.3, 0.4) is 0 Å². The first kappa shape index (κ1) is 25.8. The van der Waals surface area contributed by atoms with Crippen molar-refractivity contribution in [1.82, 2.24) is 0 Å². The lowest BCUT2D eigenvalue weighted by Crippen LogP contribution is -2.32. The number of allylic oxidation sites excluding steroid dienone is 1. The topological polar surface area (TPSA) is 59.0 Å². The Kier molecular flexibility index (Phi) is 5.96. The van der Waals surface area contributed by atoms with Crippen molar-refractivity contribution in [2.75, 3.05) is 0 Å². The number of para-hydroxylation sites is 2. The van der Waals surface area contributed by atoms with Crippen LogP contribution in [0, 0.1) is 11.3 Å². The Hall–Kier alpha value is -5.85. The largest absolute Gasteiger partial charge is 0.457 e. The predicted octanol–water partition coefficient (Wildman–Crippen LogP) is 9.24. The average Bonchev–Trinajstić information content (AvgIpc) is 3.37. The zero-order valence-corrected chi connectivity index (χ0v) is 24.0. The highest BCUT2D eigenvalue weighted by atomic mass is 16.5. The molecule has 0 bridgehead atoms. The summed E-state index contributed by atoms with van der Waals surface area (Å²) in [4.78, 5) is 0. The van der Waals surface area contributed by atoms with Crippen molar-refractivity contribution < 1.29 is 4.74 Å². The van der Waals surface area contributed by atoms with Gasteiger partial charge in [0.1, 0.15) is 11.5 Å². The fraction of sp³-hybridized carbons (Fsp3) is 0.0488. The second-order valence-electron chi connectivity index (χ2n) is 11.4. The third-order valence-corrected chi connectivity index (χ3v) is 9.02. The molecule has 3 heteroatoms. The molecule has 6 aromatic rings. The van der Waals surface area contributed by atoms with Gasteiger partial charge in [-0.2, -0.15) is 5.26 Å². The molecule has 0 amide bonds.